The normalized spacial score (nSPS) is 24.2. The quantitative estimate of drug-likeness (QED) is 0.576. The lowest BCUT2D eigenvalue weighted by molar-refractivity contribution is -0.147. The Hall–Kier alpha value is 0.290. The molecule has 0 bridgehead atoms. The predicted octanol–water partition coefficient (Wildman–Crippen LogP) is 2.62. The third-order valence-electron chi connectivity index (χ3n) is 3.55. The van der Waals surface area contributed by atoms with Gasteiger partial charge >= 0.3 is 0 Å². The van der Waals surface area contributed by atoms with Gasteiger partial charge in [-0.15, -0.1) is 0 Å². The van der Waals surface area contributed by atoms with Gasteiger partial charge in [0.2, 0.25) is 19.7 Å². The fraction of sp³-hybridized carbons (Fsp3) is 0.900. The van der Waals surface area contributed by atoms with E-state index in [-0.39, 0.29) is 5.91 Å². The number of hydrogen-bond donors (Lipinski definition) is 0. The molecule has 1 aliphatic heterocycles. The van der Waals surface area contributed by atoms with Gasteiger partial charge in [0, 0.05) is 0 Å². The molecule has 0 radical (unpaired) electrons. The largest absolute Gasteiger partial charge is 0.274 e. The summed E-state index contributed by atoms with van der Waals surface area (Å²) in [5.41, 5.74) is -0.538. The van der Waals surface area contributed by atoms with Crippen molar-refractivity contribution in [1.82, 2.24) is 4.31 Å². The molecule has 4 nitrogen and oxygen atoms in total. The molecule has 104 valence electrons. The van der Waals surface area contributed by atoms with E-state index in [1.165, 1.54) is 0 Å². The van der Waals surface area contributed by atoms with Crippen LogP contribution in [0.25, 0.3) is 0 Å². The molecule has 8 heteroatoms. The Morgan fingerprint density at radius 3 is 2.17 bits per heavy atom. The second kappa shape index (κ2) is 4.69. The van der Waals surface area contributed by atoms with Crippen molar-refractivity contribution in [2.24, 2.45) is 0 Å². The van der Waals surface area contributed by atoms with E-state index < -0.39 is 25.1 Å². The molecule has 0 unspecified atom stereocenters. The van der Waals surface area contributed by atoms with Gasteiger partial charge in [-0.2, -0.15) is 0 Å². The molecule has 1 saturated heterocycles. The molecule has 1 aliphatic carbocycles. The predicted molar refractivity (Wildman–Crippen MR) is 71.4 cm³/mol. The molecule has 0 N–H and O–H groups in total. The Bertz CT molecular complexity index is 451. The van der Waals surface area contributed by atoms with E-state index in [9.17, 15) is 13.2 Å². The van der Waals surface area contributed by atoms with Crippen LogP contribution < -0.4 is 0 Å². The van der Waals surface area contributed by atoms with E-state index in [1.807, 2.05) is 0 Å². The molecular weight excluding hydrogens is 321 g/mol. The Morgan fingerprint density at radius 2 is 1.72 bits per heavy atom. The third-order valence-corrected chi connectivity index (χ3v) is 6.37. The molecule has 18 heavy (non-hydrogen) atoms. The average Bonchev–Trinajstić information content (AvgIpc) is 2.12. The minimum absolute atomic E-state index is 0.298. The van der Waals surface area contributed by atoms with Crippen molar-refractivity contribution in [1.29, 1.82) is 0 Å². The van der Waals surface area contributed by atoms with Crippen LogP contribution in [0.2, 0.25) is 0 Å². The van der Waals surface area contributed by atoms with Crippen molar-refractivity contribution in [2.75, 3.05) is 5.75 Å². The highest BCUT2D eigenvalue weighted by Crippen LogP contribution is 2.46. The first-order valence-electron chi connectivity index (χ1n) is 5.79. The number of halogens is 3. The third kappa shape index (κ3) is 2.74. The van der Waals surface area contributed by atoms with Crippen LogP contribution in [0, 0.1) is 0 Å². The lowest BCUT2D eigenvalue weighted by atomic mass is 9.74. The van der Waals surface area contributed by atoms with Crippen molar-refractivity contribution < 1.29 is 13.2 Å². The van der Waals surface area contributed by atoms with E-state index in [0.717, 1.165) is 36.4 Å². The van der Waals surface area contributed by atoms with Gasteiger partial charge in [0.05, 0.1) is 12.0 Å². The van der Waals surface area contributed by atoms with Crippen molar-refractivity contribution in [2.45, 2.75) is 47.9 Å². The Kier molecular flexibility index (Phi) is 3.83. The summed E-state index contributed by atoms with van der Waals surface area (Å²) < 4.78 is 23.4. The summed E-state index contributed by atoms with van der Waals surface area (Å²) in [6.07, 6.45) is 4.69. The van der Waals surface area contributed by atoms with Crippen LogP contribution in [0.5, 0.6) is 0 Å². The summed E-state index contributed by atoms with van der Waals surface area (Å²) in [6.45, 7) is 0. The highest BCUT2D eigenvalue weighted by Gasteiger charge is 2.57. The molecule has 1 saturated carbocycles. The van der Waals surface area contributed by atoms with Gasteiger partial charge in [-0.1, -0.05) is 54.1 Å². The zero-order chi connectivity index (χ0) is 13.6. The van der Waals surface area contributed by atoms with E-state index in [0.29, 0.717) is 6.42 Å². The molecule has 1 spiro atoms. The topological polar surface area (TPSA) is 54.5 Å². The van der Waals surface area contributed by atoms with Crippen LogP contribution in [0.1, 0.15) is 38.5 Å². The lowest BCUT2D eigenvalue weighted by Gasteiger charge is -2.53. The molecule has 2 rings (SSSR count). The van der Waals surface area contributed by atoms with Crippen molar-refractivity contribution in [3.8, 4) is 0 Å². The van der Waals surface area contributed by atoms with E-state index in [2.05, 4.69) is 0 Å². The number of nitrogens with zero attached hydrogens (tertiary/aromatic N) is 1. The summed E-state index contributed by atoms with van der Waals surface area (Å²) in [6, 6.07) is 0. The fourth-order valence-electron chi connectivity index (χ4n) is 2.91. The number of β-lactam (4-membered cyclic amide) rings is 1. The van der Waals surface area contributed by atoms with Crippen LogP contribution in [0.4, 0.5) is 0 Å². The van der Waals surface area contributed by atoms with E-state index >= 15 is 0 Å². The maximum Gasteiger partial charge on any atom is 0.242 e. The minimum Gasteiger partial charge on any atom is -0.274 e. The summed E-state index contributed by atoms with van der Waals surface area (Å²) in [5.74, 6) is -1.04. The number of amides is 1. The number of carbonyl (C=O) groups is 1. The van der Waals surface area contributed by atoms with Gasteiger partial charge in [0.1, 0.15) is 5.75 Å². The van der Waals surface area contributed by atoms with Crippen LogP contribution in [-0.4, -0.2) is 33.7 Å². The summed E-state index contributed by atoms with van der Waals surface area (Å²) in [7, 11) is -3.85. The zero-order valence-corrected chi connectivity index (χ0v) is 12.7. The molecule has 0 aromatic heterocycles. The summed E-state index contributed by atoms with van der Waals surface area (Å²) in [4.78, 5) is 11.7. The van der Waals surface area contributed by atoms with Crippen molar-refractivity contribution >= 4 is 50.7 Å². The first kappa shape index (κ1) is 14.7. The minimum atomic E-state index is -3.85. The molecule has 1 heterocycles. The zero-order valence-electron chi connectivity index (χ0n) is 9.66. The fourth-order valence-corrected chi connectivity index (χ4v) is 5.91. The van der Waals surface area contributed by atoms with Gasteiger partial charge in [-0.25, -0.2) is 12.7 Å². The molecule has 2 fully saturated rings. The smallest absolute Gasteiger partial charge is 0.242 e. The lowest BCUT2D eigenvalue weighted by Crippen LogP contribution is -2.66. The van der Waals surface area contributed by atoms with Gasteiger partial charge in [0.15, 0.2) is 0 Å². The number of sulfonamides is 1. The molecule has 0 aromatic rings. The molecular formula is C10H14Cl3NO3S. The van der Waals surface area contributed by atoms with Crippen LogP contribution in [0.3, 0.4) is 0 Å². The molecule has 0 atom stereocenters. The second-order valence-electron chi connectivity index (χ2n) is 4.99. The maximum atomic E-state index is 12.2. The number of rotatable bonds is 2. The SMILES string of the molecule is O=C1CC2(CCCCC2)N1S(=O)(=O)CC(Cl)(Cl)Cl. The number of alkyl halides is 3. The first-order valence-corrected chi connectivity index (χ1v) is 8.53. The standard InChI is InChI=1S/C10H14Cl3NO3S/c11-10(12,13)7-18(16,17)14-8(15)6-9(14)4-2-1-3-5-9/h1-7H2. The Morgan fingerprint density at radius 1 is 1.17 bits per heavy atom. The van der Waals surface area contributed by atoms with Gasteiger partial charge in [-0.3, -0.25) is 4.79 Å². The monoisotopic (exact) mass is 333 g/mol. The summed E-state index contributed by atoms with van der Waals surface area (Å²) >= 11 is 16.6. The first-order chi connectivity index (χ1) is 8.16. The highest BCUT2D eigenvalue weighted by molar-refractivity contribution is 7.90. The van der Waals surface area contributed by atoms with Gasteiger partial charge < -0.3 is 0 Å². The number of carbonyl (C=O) groups excluding carboxylic acids is 1. The van der Waals surface area contributed by atoms with Crippen molar-refractivity contribution in [3.05, 3.63) is 0 Å². The molecule has 2 aliphatic rings. The highest BCUT2D eigenvalue weighted by atomic mass is 35.6. The second-order valence-corrected chi connectivity index (χ2v) is 9.33. The average molecular weight is 335 g/mol. The van der Waals surface area contributed by atoms with Crippen LogP contribution in [-0.2, 0) is 14.8 Å². The van der Waals surface area contributed by atoms with E-state index in [4.69, 9.17) is 34.8 Å². The number of hydrogen-bond acceptors (Lipinski definition) is 3. The molecule has 1 amide bonds. The van der Waals surface area contributed by atoms with Gasteiger partial charge in [0.25, 0.3) is 0 Å². The Labute approximate surface area is 122 Å². The van der Waals surface area contributed by atoms with Crippen LogP contribution >= 0.6 is 34.8 Å². The maximum absolute atomic E-state index is 12.2. The van der Waals surface area contributed by atoms with Crippen molar-refractivity contribution in [3.63, 3.8) is 0 Å². The van der Waals surface area contributed by atoms with Crippen LogP contribution in [0.15, 0.2) is 0 Å². The Balaban J connectivity index is 2.22. The van der Waals surface area contributed by atoms with E-state index in [1.54, 1.807) is 0 Å². The summed E-state index contributed by atoms with van der Waals surface area (Å²) in [5, 5.41) is 0. The van der Waals surface area contributed by atoms with Gasteiger partial charge in [-0.05, 0) is 12.8 Å². The molecule has 0 aromatic carbocycles.